The first-order valence-electron chi connectivity index (χ1n) is 7.48. The van der Waals surface area contributed by atoms with Crippen molar-refractivity contribution in [3.63, 3.8) is 0 Å². The lowest BCUT2D eigenvalue weighted by Crippen LogP contribution is -2.37. The number of para-hydroxylation sites is 1. The predicted octanol–water partition coefficient (Wildman–Crippen LogP) is 3.73. The Morgan fingerprint density at radius 3 is 2.42 bits per heavy atom. The molecule has 5 heteroatoms. The number of thiocarbonyl (C=S) groups is 1. The van der Waals surface area contributed by atoms with Crippen LogP contribution in [0.4, 0.5) is 5.69 Å². The number of hydrogen-bond donors (Lipinski definition) is 2. The number of fused-ring (bicyclic) bond motifs is 1. The van der Waals surface area contributed by atoms with Crippen molar-refractivity contribution in [3.05, 3.63) is 72.8 Å². The lowest BCUT2D eigenvalue weighted by Gasteiger charge is -2.10. The third kappa shape index (κ3) is 4.30. The molecule has 0 fully saturated rings. The molecule has 0 bridgehead atoms. The molecule has 3 aromatic rings. The summed E-state index contributed by atoms with van der Waals surface area (Å²) in [5, 5.41) is 7.97. The average molecular weight is 336 g/mol. The maximum absolute atomic E-state index is 11.9. The molecule has 0 atom stereocenters. The number of benzene rings is 3. The van der Waals surface area contributed by atoms with Crippen molar-refractivity contribution < 1.29 is 9.53 Å². The third-order valence-corrected chi connectivity index (χ3v) is 3.58. The van der Waals surface area contributed by atoms with Crippen molar-refractivity contribution in [1.82, 2.24) is 5.32 Å². The van der Waals surface area contributed by atoms with Crippen LogP contribution in [0.15, 0.2) is 72.8 Å². The van der Waals surface area contributed by atoms with Crippen molar-refractivity contribution in [3.8, 4) is 5.75 Å². The van der Waals surface area contributed by atoms with Gasteiger partial charge in [0, 0.05) is 5.69 Å². The second-order valence-electron chi connectivity index (χ2n) is 5.17. The molecule has 0 aliphatic carbocycles. The number of carbonyl (C=O) groups excluding carboxylic acids is 1. The third-order valence-electron chi connectivity index (χ3n) is 3.38. The highest BCUT2D eigenvalue weighted by Crippen LogP contribution is 2.20. The van der Waals surface area contributed by atoms with E-state index in [0.29, 0.717) is 5.75 Å². The van der Waals surface area contributed by atoms with Crippen LogP contribution >= 0.6 is 12.2 Å². The minimum absolute atomic E-state index is 0.102. The Kier molecular flexibility index (Phi) is 5.03. The smallest absolute Gasteiger partial charge is 0.264 e. The van der Waals surface area contributed by atoms with E-state index in [-0.39, 0.29) is 17.6 Å². The summed E-state index contributed by atoms with van der Waals surface area (Å²) in [4.78, 5) is 11.9. The van der Waals surface area contributed by atoms with Crippen LogP contribution in [0.25, 0.3) is 10.8 Å². The van der Waals surface area contributed by atoms with Crippen LogP contribution in [0.2, 0.25) is 0 Å². The molecule has 1 amide bonds. The molecule has 0 aromatic heterocycles. The molecule has 4 nitrogen and oxygen atoms in total. The molecule has 120 valence electrons. The number of amides is 1. The van der Waals surface area contributed by atoms with E-state index < -0.39 is 0 Å². The first kappa shape index (κ1) is 16.0. The van der Waals surface area contributed by atoms with Gasteiger partial charge in [-0.3, -0.25) is 10.1 Å². The highest BCUT2D eigenvalue weighted by Gasteiger charge is 2.06. The van der Waals surface area contributed by atoms with Crippen LogP contribution in [-0.2, 0) is 4.79 Å². The first-order valence-corrected chi connectivity index (χ1v) is 7.89. The summed E-state index contributed by atoms with van der Waals surface area (Å²) in [7, 11) is 0. The molecule has 0 radical (unpaired) electrons. The van der Waals surface area contributed by atoms with E-state index in [9.17, 15) is 4.79 Å². The van der Waals surface area contributed by atoms with Crippen LogP contribution in [0.3, 0.4) is 0 Å². The molecule has 0 saturated carbocycles. The van der Waals surface area contributed by atoms with Crippen molar-refractivity contribution in [2.24, 2.45) is 0 Å². The Labute approximate surface area is 145 Å². The normalized spacial score (nSPS) is 10.2. The average Bonchev–Trinajstić information content (AvgIpc) is 2.60. The molecule has 0 spiro atoms. The zero-order valence-electron chi connectivity index (χ0n) is 12.9. The summed E-state index contributed by atoms with van der Waals surface area (Å²) in [5.41, 5.74) is 0.818. The Hall–Kier alpha value is -2.92. The van der Waals surface area contributed by atoms with E-state index >= 15 is 0 Å². The molecule has 0 heterocycles. The molecule has 0 saturated heterocycles. The van der Waals surface area contributed by atoms with E-state index in [1.54, 1.807) is 0 Å². The fourth-order valence-electron chi connectivity index (χ4n) is 2.25. The van der Waals surface area contributed by atoms with E-state index in [4.69, 9.17) is 17.0 Å². The van der Waals surface area contributed by atoms with Gasteiger partial charge in [-0.1, -0.05) is 48.5 Å². The molecule has 3 rings (SSSR count). The Balaban J connectivity index is 1.52. The highest BCUT2D eigenvalue weighted by atomic mass is 32.1. The van der Waals surface area contributed by atoms with Crippen molar-refractivity contribution in [2.75, 3.05) is 11.9 Å². The first-order chi connectivity index (χ1) is 11.7. The molecule has 24 heavy (non-hydrogen) atoms. The molecular weight excluding hydrogens is 320 g/mol. The summed E-state index contributed by atoms with van der Waals surface area (Å²) in [6, 6.07) is 23.1. The zero-order valence-corrected chi connectivity index (χ0v) is 13.7. The summed E-state index contributed by atoms with van der Waals surface area (Å²) < 4.78 is 5.53. The van der Waals surface area contributed by atoms with Gasteiger partial charge in [-0.2, -0.15) is 0 Å². The largest absolute Gasteiger partial charge is 0.484 e. The van der Waals surface area contributed by atoms with Gasteiger partial charge in [0.1, 0.15) is 5.75 Å². The SMILES string of the molecule is O=C(COc1ccc2ccccc2c1)NC(=S)Nc1ccccc1. The van der Waals surface area contributed by atoms with Crippen molar-refractivity contribution in [2.45, 2.75) is 0 Å². The monoisotopic (exact) mass is 336 g/mol. The lowest BCUT2D eigenvalue weighted by molar-refractivity contribution is -0.121. The fourth-order valence-corrected chi connectivity index (χ4v) is 2.48. The predicted molar refractivity (Wildman–Crippen MR) is 100 cm³/mol. The van der Waals surface area contributed by atoms with Crippen LogP contribution in [-0.4, -0.2) is 17.6 Å². The summed E-state index contributed by atoms with van der Waals surface area (Å²) in [6.07, 6.45) is 0. The zero-order chi connectivity index (χ0) is 16.8. The van der Waals surface area contributed by atoms with Gasteiger partial charge in [0.05, 0.1) is 0 Å². The van der Waals surface area contributed by atoms with Crippen LogP contribution < -0.4 is 15.4 Å². The lowest BCUT2D eigenvalue weighted by atomic mass is 10.1. The quantitative estimate of drug-likeness (QED) is 0.713. The second kappa shape index (κ2) is 7.57. The van der Waals surface area contributed by atoms with E-state index in [1.807, 2.05) is 72.8 Å². The van der Waals surface area contributed by atoms with E-state index in [2.05, 4.69) is 10.6 Å². The summed E-state index contributed by atoms with van der Waals surface area (Å²) in [5.74, 6) is 0.336. The van der Waals surface area contributed by atoms with Crippen LogP contribution in [0.5, 0.6) is 5.75 Å². The van der Waals surface area contributed by atoms with Gasteiger partial charge in [0.2, 0.25) is 0 Å². The fraction of sp³-hybridized carbons (Fsp3) is 0.0526. The van der Waals surface area contributed by atoms with Gasteiger partial charge in [-0.25, -0.2) is 0 Å². The maximum Gasteiger partial charge on any atom is 0.264 e. The minimum Gasteiger partial charge on any atom is -0.484 e. The standard InChI is InChI=1S/C19H16N2O2S/c22-18(21-19(24)20-16-8-2-1-3-9-16)13-23-17-11-10-14-6-4-5-7-15(14)12-17/h1-12H,13H2,(H2,20,21,22,24). The second-order valence-corrected chi connectivity index (χ2v) is 5.57. The van der Waals surface area contributed by atoms with Crippen LogP contribution in [0, 0.1) is 0 Å². The maximum atomic E-state index is 11.9. The Morgan fingerprint density at radius 1 is 0.917 bits per heavy atom. The molecule has 0 aliphatic rings. The molecule has 0 aliphatic heterocycles. The van der Waals surface area contributed by atoms with Gasteiger partial charge < -0.3 is 10.1 Å². The molecular formula is C19H16N2O2S. The number of nitrogens with one attached hydrogen (secondary N) is 2. The Bertz CT molecular complexity index is 865. The molecule has 3 aromatic carbocycles. The van der Waals surface area contributed by atoms with Gasteiger partial charge in [0.15, 0.2) is 11.7 Å². The molecule has 2 N–H and O–H groups in total. The summed E-state index contributed by atoms with van der Waals surface area (Å²) >= 11 is 5.11. The number of ether oxygens (including phenoxy) is 1. The van der Waals surface area contributed by atoms with Gasteiger partial charge in [0.25, 0.3) is 5.91 Å². The van der Waals surface area contributed by atoms with Gasteiger partial charge in [-0.05, 0) is 47.3 Å². The number of hydrogen-bond acceptors (Lipinski definition) is 3. The van der Waals surface area contributed by atoms with Crippen molar-refractivity contribution in [1.29, 1.82) is 0 Å². The number of rotatable bonds is 4. The molecule has 0 unspecified atom stereocenters. The van der Waals surface area contributed by atoms with Gasteiger partial charge >= 0.3 is 0 Å². The number of carbonyl (C=O) groups is 1. The Morgan fingerprint density at radius 2 is 1.62 bits per heavy atom. The van der Waals surface area contributed by atoms with E-state index in [0.717, 1.165) is 16.5 Å². The topological polar surface area (TPSA) is 50.4 Å². The van der Waals surface area contributed by atoms with Crippen molar-refractivity contribution >= 4 is 39.7 Å². The van der Waals surface area contributed by atoms with Gasteiger partial charge in [-0.15, -0.1) is 0 Å². The minimum atomic E-state index is -0.309. The summed E-state index contributed by atoms with van der Waals surface area (Å²) in [6.45, 7) is -0.102. The highest BCUT2D eigenvalue weighted by molar-refractivity contribution is 7.80. The van der Waals surface area contributed by atoms with Crippen LogP contribution in [0.1, 0.15) is 0 Å². The number of anilines is 1. The van der Waals surface area contributed by atoms with E-state index in [1.165, 1.54) is 0 Å².